The van der Waals surface area contributed by atoms with E-state index in [1.54, 1.807) is 13.0 Å². The molecule has 1 aliphatic rings. The van der Waals surface area contributed by atoms with E-state index in [-0.39, 0.29) is 5.91 Å². The fraction of sp³-hybridized carbons (Fsp3) is 0.429. The maximum atomic E-state index is 13.1. The van der Waals surface area contributed by atoms with Crippen molar-refractivity contribution >= 4 is 17.6 Å². The fourth-order valence-corrected chi connectivity index (χ4v) is 2.52. The van der Waals surface area contributed by atoms with E-state index in [9.17, 15) is 14.0 Å². The molecule has 1 aromatic carbocycles. The number of carboxylic acid groups (broad SMARTS) is 1. The highest BCUT2D eigenvalue weighted by Crippen LogP contribution is 2.33. The number of hydrogen-bond acceptors (Lipinski definition) is 2. The molecule has 2 unspecified atom stereocenters. The second-order valence-corrected chi connectivity index (χ2v) is 4.93. The molecule has 2 atom stereocenters. The highest BCUT2D eigenvalue weighted by Gasteiger charge is 2.37. The van der Waals surface area contributed by atoms with Crippen LogP contribution in [0.25, 0.3) is 0 Å². The van der Waals surface area contributed by atoms with Gasteiger partial charge in [-0.3, -0.25) is 9.59 Å². The van der Waals surface area contributed by atoms with E-state index in [0.717, 1.165) is 12.0 Å². The van der Waals surface area contributed by atoms with Gasteiger partial charge in [0.25, 0.3) is 0 Å². The van der Waals surface area contributed by atoms with Crippen molar-refractivity contribution < 1.29 is 19.1 Å². The zero-order valence-electron chi connectivity index (χ0n) is 10.6. The SMILES string of the molecule is Cc1ccc(F)cc1NC(=O)C1CCCC1C(=O)O. The van der Waals surface area contributed by atoms with Crippen LogP contribution in [0.2, 0.25) is 0 Å². The van der Waals surface area contributed by atoms with Gasteiger partial charge in [0.2, 0.25) is 5.91 Å². The van der Waals surface area contributed by atoms with Crippen LogP contribution in [0, 0.1) is 24.6 Å². The van der Waals surface area contributed by atoms with Crippen molar-refractivity contribution in [2.75, 3.05) is 5.32 Å². The molecular formula is C14H16FNO3. The van der Waals surface area contributed by atoms with E-state index >= 15 is 0 Å². The Morgan fingerprint density at radius 3 is 2.68 bits per heavy atom. The van der Waals surface area contributed by atoms with Crippen molar-refractivity contribution in [1.29, 1.82) is 0 Å². The number of halogens is 1. The van der Waals surface area contributed by atoms with Crippen LogP contribution in [0.1, 0.15) is 24.8 Å². The smallest absolute Gasteiger partial charge is 0.307 e. The molecule has 1 amide bonds. The Bertz CT molecular complexity index is 515. The topological polar surface area (TPSA) is 66.4 Å². The van der Waals surface area contributed by atoms with Crippen molar-refractivity contribution in [3.05, 3.63) is 29.6 Å². The summed E-state index contributed by atoms with van der Waals surface area (Å²) in [6.45, 7) is 1.76. The van der Waals surface area contributed by atoms with Gasteiger partial charge < -0.3 is 10.4 Å². The third-order valence-electron chi connectivity index (χ3n) is 3.63. The van der Waals surface area contributed by atoms with Crippen LogP contribution in [0.5, 0.6) is 0 Å². The van der Waals surface area contributed by atoms with E-state index in [2.05, 4.69) is 5.32 Å². The molecule has 0 radical (unpaired) electrons. The number of amides is 1. The van der Waals surface area contributed by atoms with Gasteiger partial charge in [0.05, 0.1) is 11.8 Å². The van der Waals surface area contributed by atoms with E-state index in [1.165, 1.54) is 12.1 Å². The Morgan fingerprint density at radius 2 is 2.00 bits per heavy atom. The average Bonchev–Trinajstić information content (AvgIpc) is 2.83. The lowest BCUT2D eigenvalue weighted by molar-refractivity contribution is -0.145. The van der Waals surface area contributed by atoms with E-state index in [0.29, 0.717) is 18.5 Å². The van der Waals surface area contributed by atoms with Gasteiger partial charge in [-0.25, -0.2) is 4.39 Å². The van der Waals surface area contributed by atoms with Crippen molar-refractivity contribution in [2.45, 2.75) is 26.2 Å². The molecule has 102 valence electrons. The molecule has 1 saturated carbocycles. The number of nitrogens with one attached hydrogen (secondary N) is 1. The molecule has 2 rings (SSSR count). The predicted octanol–water partition coefficient (Wildman–Crippen LogP) is 2.57. The van der Waals surface area contributed by atoms with Gasteiger partial charge in [-0.15, -0.1) is 0 Å². The van der Waals surface area contributed by atoms with E-state index in [1.807, 2.05) is 0 Å². The quantitative estimate of drug-likeness (QED) is 0.882. The molecule has 0 aliphatic heterocycles. The van der Waals surface area contributed by atoms with Crippen LogP contribution < -0.4 is 5.32 Å². The molecule has 2 N–H and O–H groups in total. The fourth-order valence-electron chi connectivity index (χ4n) is 2.52. The predicted molar refractivity (Wildman–Crippen MR) is 68.2 cm³/mol. The zero-order valence-corrected chi connectivity index (χ0v) is 10.6. The van der Waals surface area contributed by atoms with Crippen LogP contribution >= 0.6 is 0 Å². The molecule has 0 heterocycles. The molecule has 5 heteroatoms. The van der Waals surface area contributed by atoms with Gasteiger partial charge in [0, 0.05) is 5.69 Å². The largest absolute Gasteiger partial charge is 0.481 e. The molecule has 0 saturated heterocycles. The van der Waals surface area contributed by atoms with Crippen LogP contribution in [-0.2, 0) is 9.59 Å². The molecule has 1 aliphatic carbocycles. The summed E-state index contributed by atoms with van der Waals surface area (Å²) in [5, 5.41) is 11.7. The number of carboxylic acids is 1. The maximum absolute atomic E-state index is 13.1. The number of aliphatic carboxylic acids is 1. The number of hydrogen-bond donors (Lipinski definition) is 2. The third-order valence-corrected chi connectivity index (χ3v) is 3.63. The van der Waals surface area contributed by atoms with Crippen LogP contribution in [0.4, 0.5) is 10.1 Å². The first kappa shape index (κ1) is 13.5. The Balaban J connectivity index is 2.12. The lowest BCUT2D eigenvalue weighted by atomic mass is 9.95. The van der Waals surface area contributed by atoms with Crippen molar-refractivity contribution in [1.82, 2.24) is 0 Å². The Labute approximate surface area is 110 Å². The highest BCUT2D eigenvalue weighted by molar-refractivity contribution is 5.95. The lowest BCUT2D eigenvalue weighted by Crippen LogP contribution is -2.30. The summed E-state index contributed by atoms with van der Waals surface area (Å²) in [6, 6.07) is 4.15. The standard InChI is InChI=1S/C14H16FNO3/c1-8-5-6-9(15)7-12(8)16-13(17)10-3-2-4-11(10)14(18)19/h5-7,10-11H,2-4H2,1H3,(H,16,17)(H,18,19). The second kappa shape index (κ2) is 5.38. The third kappa shape index (κ3) is 2.92. The number of rotatable bonds is 3. The van der Waals surface area contributed by atoms with Gasteiger partial charge in [-0.1, -0.05) is 12.5 Å². The maximum Gasteiger partial charge on any atom is 0.307 e. The minimum absolute atomic E-state index is 0.335. The number of anilines is 1. The average molecular weight is 265 g/mol. The van der Waals surface area contributed by atoms with Crippen LogP contribution in [-0.4, -0.2) is 17.0 Å². The molecule has 0 bridgehead atoms. The molecular weight excluding hydrogens is 249 g/mol. The van der Waals surface area contributed by atoms with E-state index in [4.69, 9.17) is 5.11 Å². The van der Waals surface area contributed by atoms with Gasteiger partial charge in [-0.05, 0) is 37.5 Å². The Hall–Kier alpha value is -1.91. The van der Waals surface area contributed by atoms with Crippen LogP contribution in [0.3, 0.4) is 0 Å². The number of aryl methyl sites for hydroxylation is 1. The highest BCUT2D eigenvalue weighted by atomic mass is 19.1. The summed E-state index contributed by atoms with van der Waals surface area (Å²) >= 11 is 0. The monoisotopic (exact) mass is 265 g/mol. The first-order valence-corrected chi connectivity index (χ1v) is 6.29. The Kier molecular flexibility index (Phi) is 3.83. The summed E-state index contributed by atoms with van der Waals surface area (Å²) < 4.78 is 13.1. The molecule has 1 aromatic rings. The first-order chi connectivity index (χ1) is 8.99. The minimum atomic E-state index is -0.936. The van der Waals surface area contributed by atoms with Crippen molar-refractivity contribution in [3.8, 4) is 0 Å². The summed E-state index contributed by atoms with van der Waals surface area (Å²) in [5.74, 6) is -2.86. The van der Waals surface area contributed by atoms with Gasteiger partial charge in [-0.2, -0.15) is 0 Å². The Morgan fingerprint density at radius 1 is 1.32 bits per heavy atom. The molecule has 0 spiro atoms. The van der Waals surface area contributed by atoms with Crippen molar-refractivity contribution in [3.63, 3.8) is 0 Å². The summed E-state index contributed by atoms with van der Waals surface area (Å²) in [4.78, 5) is 23.1. The molecule has 4 nitrogen and oxygen atoms in total. The van der Waals surface area contributed by atoms with Gasteiger partial charge >= 0.3 is 5.97 Å². The molecule has 0 aromatic heterocycles. The van der Waals surface area contributed by atoms with Gasteiger partial charge in [0.1, 0.15) is 5.82 Å². The summed E-state index contributed by atoms with van der Waals surface area (Å²) in [5.41, 5.74) is 1.15. The number of benzene rings is 1. The normalized spacial score (nSPS) is 22.2. The van der Waals surface area contributed by atoms with Gasteiger partial charge in [0.15, 0.2) is 0 Å². The second-order valence-electron chi connectivity index (χ2n) is 4.93. The first-order valence-electron chi connectivity index (χ1n) is 6.29. The lowest BCUT2D eigenvalue weighted by Gasteiger charge is -2.16. The number of carbonyl (C=O) groups is 2. The number of carbonyl (C=O) groups excluding carboxylic acids is 1. The zero-order chi connectivity index (χ0) is 14.0. The summed E-state index contributed by atoms with van der Waals surface area (Å²) in [7, 11) is 0. The van der Waals surface area contributed by atoms with Crippen LogP contribution in [0.15, 0.2) is 18.2 Å². The van der Waals surface area contributed by atoms with E-state index < -0.39 is 23.6 Å². The summed E-state index contributed by atoms with van der Waals surface area (Å²) in [6.07, 6.45) is 1.82. The molecule has 19 heavy (non-hydrogen) atoms. The molecule has 1 fully saturated rings. The van der Waals surface area contributed by atoms with Crippen molar-refractivity contribution in [2.24, 2.45) is 11.8 Å². The minimum Gasteiger partial charge on any atom is -0.481 e.